The lowest BCUT2D eigenvalue weighted by molar-refractivity contribution is 0.0992. The van der Waals surface area contributed by atoms with Crippen molar-refractivity contribution in [1.82, 2.24) is 4.98 Å². The van der Waals surface area contributed by atoms with Gasteiger partial charge in [0.2, 0.25) is 0 Å². The normalized spacial score (nSPS) is 12.9. The summed E-state index contributed by atoms with van der Waals surface area (Å²) in [6.07, 6.45) is 2.52. The highest BCUT2D eigenvalue weighted by Crippen LogP contribution is 2.24. The zero-order valence-electron chi connectivity index (χ0n) is 8.76. The number of rotatable bonds is 3. The van der Waals surface area contributed by atoms with E-state index in [-0.39, 0.29) is 10.6 Å². The maximum absolute atomic E-state index is 12.0. The van der Waals surface area contributed by atoms with Gasteiger partial charge in [-0.2, -0.15) is 0 Å². The molecule has 84 valence electrons. The molecule has 0 aliphatic rings. The zero-order valence-corrected chi connectivity index (χ0v) is 11.1. The molecule has 0 aliphatic carbocycles. The van der Waals surface area contributed by atoms with Crippen LogP contribution in [0.15, 0.2) is 24.4 Å². The summed E-state index contributed by atoms with van der Waals surface area (Å²) in [5.74, 6) is 0.107. The van der Waals surface area contributed by atoms with Crippen LogP contribution >= 0.6 is 27.5 Å². The fourth-order valence-electron chi connectivity index (χ4n) is 1.66. The Labute approximate surface area is 107 Å². The van der Waals surface area contributed by atoms with Crippen LogP contribution in [0.5, 0.6) is 0 Å². The van der Waals surface area contributed by atoms with E-state index in [0.29, 0.717) is 5.02 Å². The Morgan fingerprint density at radius 1 is 1.56 bits per heavy atom. The van der Waals surface area contributed by atoms with E-state index in [1.54, 1.807) is 12.3 Å². The number of aromatic amines is 1. The second kappa shape index (κ2) is 4.60. The van der Waals surface area contributed by atoms with Gasteiger partial charge in [0, 0.05) is 27.7 Å². The lowest BCUT2D eigenvalue weighted by Gasteiger charge is -2.04. The number of carbonyl (C=O) groups is 1. The molecule has 0 saturated carbocycles. The highest BCUT2D eigenvalue weighted by atomic mass is 79.9. The van der Waals surface area contributed by atoms with Gasteiger partial charge in [-0.1, -0.05) is 40.5 Å². The fourth-order valence-corrected chi connectivity index (χ4v) is 2.08. The minimum absolute atomic E-state index is 0.107. The quantitative estimate of drug-likeness (QED) is 0.669. The summed E-state index contributed by atoms with van der Waals surface area (Å²) >= 11 is 9.26. The monoisotopic (exact) mass is 299 g/mol. The third kappa shape index (κ3) is 2.02. The van der Waals surface area contributed by atoms with Crippen molar-refractivity contribution < 1.29 is 4.79 Å². The molecule has 1 aromatic heterocycles. The van der Waals surface area contributed by atoms with Crippen molar-refractivity contribution >= 4 is 44.2 Å². The molecule has 1 aromatic carbocycles. The van der Waals surface area contributed by atoms with Gasteiger partial charge in [-0.15, -0.1) is 0 Å². The number of nitrogens with one attached hydrogen (secondary N) is 1. The summed E-state index contributed by atoms with van der Waals surface area (Å²) in [5, 5.41) is 1.59. The molecule has 1 heterocycles. The van der Waals surface area contributed by atoms with Crippen LogP contribution in [-0.4, -0.2) is 15.6 Å². The smallest absolute Gasteiger partial charge is 0.178 e. The molecule has 1 atom stereocenters. The van der Waals surface area contributed by atoms with Crippen molar-refractivity contribution in [2.45, 2.75) is 18.2 Å². The highest BCUT2D eigenvalue weighted by Gasteiger charge is 2.18. The molecule has 2 nitrogen and oxygen atoms in total. The number of hydrogen-bond donors (Lipinski definition) is 1. The van der Waals surface area contributed by atoms with Crippen molar-refractivity contribution in [3.05, 3.63) is 35.0 Å². The zero-order chi connectivity index (χ0) is 11.7. The van der Waals surface area contributed by atoms with E-state index in [4.69, 9.17) is 11.6 Å². The summed E-state index contributed by atoms with van der Waals surface area (Å²) in [7, 11) is 0. The van der Waals surface area contributed by atoms with Crippen LogP contribution in [0, 0.1) is 0 Å². The van der Waals surface area contributed by atoms with Crippen LogP contribution in [0.2, 0.25) is 5.02 Å². The van der Waals surface area contributed by atoms with E-state index in [1.165, 1.54) is 0 Å². The number of ketones is 1. The molecule has 0 aliphatic heterocycles. The van der Waals surface area contributed by atoms with Gasteiger partial charge in [0.15, 0.2) is 5.78 Å². The van der Waals surface area contributed by atoms with E-state index in [0.717, 1.165) is 22.9 Å². The Morgan fingerprint density at radius 3 is 3.00 bits per heavy atom. The number of Topliss-reactive ketones (excluding diaryl/α,β-unsaturated/α-hetero) is 1. The Bertz CT molecular complexity index is 535. The SMILES string of the molecule is CCC(Br)C(=O)c1c[nH]c2cc(Cl)ccc12. The van der Waals surface area contributed by atoms with Crippen LogP contribution in [0.25, 0.3) is 10.9 Å². The minimum Gasteiger partial charge on any atom is -0.360 e. The summed E-state index contributed by atoms with van der Waals surface area (Å²) in [6.45, 7) is 1.98. The molecule has 0 radical (unpaired) electrons. The van der Waals surface area contributed by atoms with E-state index >= 15 is 0 Å². The van der Waals surface area contributed by atoms with Crippen molar-refractivity contribution in [3.8, 4) is 0 Å². The Kier molecular flexibility index (Phi) is 3.36. The number of fused-ring (bicyclic) bond motifs is 1. The van der Waals surface area contributed by atoms with E-state index < -0.39 is 0 Å². The molecule has 0 fully saturated rings. The van der Waals surface area contributed by atoms with Crippen LogP contribution in [0.3, 0.4) is 0 Å². The Balaban J connectivity index is 2.50. The van der Waals surface area contributed by atoms with Gasteiger partial charge in [0.05, 0.1) is 4.83 Å². The predicted octanol–water partition coefficient (Wildman–Crippen LogP) is 4.18. The van der Waals surface area contributed by atoms with Crippen molar-refractivity contribution in [3.63, 3.8) is 0 Å². The van der Waals surface area contributed by atoms with E-state index in [2.05, 4.69) is 20.9 Å². The van der Waals surface area contributed by atoms with Gasteiger partial charge in [0.1, 0.15) is 0 Å². The molecule has 2 aromatic rings. The topological polar surface area (TPSA) is 32.9 Å². The standard InChI is InChI=1S/C12H11BrClNO/c1-2-10(13)12(16)9-6-15-11-5-7(14)3-4-8(9)11/h3-6,10,15H,2H2,1H3. The van der Waals surface area contributed by atoms with E-state index in [9.17, 15) is 4.79 Å². The van der Waals surface area contributed by atoms with Crippen LogP contribution in [0.1, 0.15) is 23.7 Å². The first-order chi connectivity index (χ1) is 7.63. The van der Waals surface area contributed by atoms with Gasteiger partial charge in [-0.3, -0.25) is 4.79 Å². The van der Waals surface area contributed by atoms with Gasteiger partial charge < -0.3 is 4.98 Å². The molecule has 0 amide bonds. The summed E-state index contributed by atoms with van der Waals surface area (Å²) in [5.41, 5.74) is 1.61. The molecular formula is C12H11BrClNO. The predicted molar refractivity (Wildman–Crippen MR) is 70.6 cm³/mol. The number of halogens is 2. The molecule has 0 bridgehead atoms. The fraction of sp³-hybridized carbons (Fsp3) is 0.250. The first-order valence-electron chi connectivity index (χ1n) is 5.08. The first kappa shape index (κ1) is 11.7. The highest BCUT2D eigenvalue weighted by molar-refractivity contribution is 9.10. The number of benzene rings is 1. The number of alkyl halides is 1. The molecular weight excluding hydrogens is 289 g/mol. The Hall–Kier alpha value is -0.800. The van der Waals surface area contributed by atoms with Crippen LogP contribution < -0.4 is 0 Å². The second-order valence-corrected chi connectivity index (χ2v) is 5.17. The average Bonchev–Trinajstić information content (AvgIpc) is 2.69. The maximum Gasteiger partial charge on any atom is 0.178 e. The molecule has 16 heavy (non-hydrogen) atoms. The molecule has 0 spiro atoms. The van der Waals surface area contributed by atoms with E-state index in [1.807, 2.05) is 19.1 Å². The largest absolute Gasteiger partial charge is 0.360 e. The Morgan fingerprint density at radius 2 is 2.31 bits per heavy atom. The van der Waals surface area contributed by atoms with Gasteiger partial charge >= 0.3 is 0 Å². The molecule has 2 rings (SSSR count). The van der Waals surface area contributed by atoms with Crippen molar-refractivity contribution in [1.29, 1.82) is 0 Å². The molecule has 0 saturated heterocycles. The maximum atomic E-state index is 12.0. The molecule has 4 heteroatoms. The molecule has 1 N–H and O–H groups in total. The number of aromatic nitrogens is 1. The minimum atomic E-state index is -0.123. The van der Waals surface area contributed by atoms with Crippen molar-refractivity contribution in [2.24, 2.45) is 0 Å². The second-order valence-electron chi connectivity index (χ2n) is 3.63. The average molecular weight is 301 g/mol. The summed E-state index contributed by atoms with van der Waals surface area (Å²) in [6, 6.07) is 5.49. The van der Waals surface area contributed by atoms with Crippen LogP contribution in [0.4, 0.5) is 0 Å². The lowest BCUT2D eigenvalue weighted by Crippen LogP contribution is -2.12. The molecule has 1 unspecified atom stereocenters. The van der Waals surface area contributed by atoms with Crippen LogP contribution in [-0.2, 0) is 0 Å². The van der Waals surface area contributed by atoms with Crippen molar-refractivity contribution in [2.75, 3.05) is 0 Å². The number of carbonyl (C=O) groups excluding carboxylic acids is 1. The third-order valence-electron chi connectivity index (χ3n) is 2.55. The first-order valence-corrected chi connectivity index (χ1v) is 6.37. The third-order valence-corrected chi connectivity index (χ3v) is 3.85. The van der Waals surface area contributed by atoms with Gasteiger partial charge in [-0.05, 0) is 18.6 Å². The van der Waals surface area contributed by atoms with Gasteiger partial charge in [-0.25, -0.2) is 0 Å². The summed E-state index contributed by atoms with van der Waals surface area (Å²) < 4.78 is 0. The lowest BCUT2D eigenvalue weighted by atomic mass is 10.1. The number of H-pyrrole nitrogens is 1. The summed E-state index contributed by atoms with van der Waals surface area (Å²) in [4.78, 5) is 15.0. The van der Waals surface area contributed by atoms with Gasteiger partial charge in [0.25, 0.3) is 0 Å². The number of hydrogen-bond acceptors (Lipinski definition) is 1.